The first kappa shape index (κ1) is 22.2. The molecule has 0 amide bonds. The summed E-state index contributed by atoms with van der Waals surface area (Å²) in [6.45, 7) is 0. The summed E-state index contributed by atoms with van der Waals surface area (Å²) in [5, 5.41) is 27.6. The Kier molecular flexibility index (Phi) is 5.66. The molecule has 0 saturated heterocycles. The van der Waals surface area contributed by atoms with Crippen LogP contribution in [0.25, 0.3) is 10.8 Å². The van der Waals surface area contributed by atoms with Crippen molar-refractivity contribution in [2.75, 3.05) is 0 Å². The quantitative estimate of drug-likeness (QED) is 0.304. The lowest BCUT2D eigenvalue weighted by molar-refractivity contribution is 0.457. The number of hydrogen-bond donors (Lipinski definition) is 4. The monoisotopic (exact) mass is 492 g/mol. The maximum Gasteiger partial charge on any atom is 0.296 e. The molecular formula is C16H10Cl2N2O8S2. The Bertz CT molecular complexity index is 1440. The van der Waals surface area contributed by atoms with Crippen molar-refractivity contribution in [3.8, 4) is 11.5 Å². The lowest BCUT2D eigenvalue weighted by Gasteiger charge is -2.11. The molecule has 3 aromatic rings. The standard InChI is InChI=1S/C16H10Cl2N2O8S2/c17-8-1-2-11(10(18)5-8)19-20-15-13(30(26,27)28)4-7-3-9(29(23,24)25)6-12(21)14(7)16(15)22/h1-6,21-22H,(H,23,24,25)(H,26,27,28)/b20-19+. The molecule has 0 saturated carbocycles. The molecule has 0 aliphatic heterocycles. The predicted octanol–water partition coefficient (Wildman–Crippen LogP) is 4.47. The molecule has 14 heteroatoms. The maximum atomic E-state index is 11.8. The van der Waals surface area contributed by atoms with Gasteiger partial charge in [-0.25, -0.2) is 0 Å². The summed E-state index contributed by atoms with van der Waals surface area (Å²) in [6, 6.07) is 6.29. The summed E-state index contributed by atoms with van der Waals surface area (Å²) in [5.41, 5.74) is -0.696. The number of phenolic OH excluding ortho intramolecular Hbond substituents is 2. The zero-order chi connectivity index (χ0) is 22.4. The number of rotatable bonds is 4. The highest BCUT2D eigenvalue weighted by Gasteiger charge is 2.25. The fourth-order valence-corrected chi connectivity index (χ4v) is 4.19. The van der Waals surface area contributed by atoms with Gasteiger partial charge in [-0.2, -0.15) is 16.8 Å². The molecule has 0 aromatic heterocycles. The van der Waals surface area contributed by atoms with Crippen LogP contribution in [-0.4, -0.2) is 36.2 Å². The number of azo groups is 1. The van der Waals surface area contributed by atoms with Gasteiger partial charge in [-0.1, -0.05) is 23.2 Å². The van der Waals surface area contributed by atoms with E-state index in [-0.39, 0.29) is 16.1 Å². The van der Waals surface area contributed by atoms with E-state index >= 15 is 0 Å². The Hall–Kier alpha value is -2.48. The summed E-state index contributed by atoms with van der Waals surface area (Å²) in [7, 11) is -9.75. The second kappa shape index (κ2) is 7.65. The average molecular weight is 493 g/mol. The van der Waals surface area contributed by atoms with Crippen molar-refractivity contribution in [1.29, 1.82) is 0 Å². The molecular weight excluding hydrogens is 483 g/mol. The largest absolute Gasteiger partial charge is 0.507 e. The lowest BCUT2D eigenvalue weighted by Crippen LogP contribution is -2.01. The number of benzene rings is 3. The molecule has 158 valence electrons. The van der Waals surface area contributed by atoms with Crippen LogP contribution in [0.4, 0.5) is 11.4 Å². The molecule has 0 spiro atoms. The van der Waals surface area contributed by atoms with Crippen LogP contribution in [0.2, 0.25) is 10.0 Å². The van der Waals surface area contributed by atoms with E-state index in [0.29, 0.717) is 11.1 Å². The minimum Gasteiger partial charge on any atom is -0.507 e. The Labute approximate surface area is 179 Å². The van der Waals surface area contributed by atoms with Crippen LogP contribution in [-0.2, 0) is 20.2 Å². The second-order valence-electron chi connectivity index (χ2n) is 5.86. The Balaban J connectivity index is 2.34. The Morgan fingerprint density at radius 1 is 0.833 bits per heavy atom. The average Bonchev–Trinajstić information content (AvgIpc) is 2.60. The number of phenols is 2. The van der Waals surface area contributed by atoms with Crippen molar-refractivity contribution >= 4 is 65.6 Å². The van der Waals surface area contributed by atoms with Crippen LogP contribution < -0.4 is 0 Å². The fraction of sp³-hybridized carbons (Fsp3) is 0. The molecule has 0 bridgehead atoms. The van der Waals surface area contributed by atoms with Crippen molar-refractivity contribution in [2.45, 2.75) is 9.79 Å². The van der Waals surface area contributed by atoms with Crippen molar-refractivity contribution in [3.05, 3.63) is 46.4 Å². The van der Waals surface area contributed by atoms with E-state index in [1.807, 2.05) is 0 Å². The highest BCUT2D eigenvalue weighted by atomic mass is 35.5. The van der Waals surface area contributed by atoms with Gasteiger partial charge in [0.2, 0.25) is 0 Å². The van der Waals surface area contributed by atoms with Crippen molar-refractivity contribution in [3.63, 3.8) is 0 Å². The van der Waals surface area contributed by atoms with Gasteiger partial charge in [-0.15, -0.1) is 10.2 Å². The number of fused-ring (bicyclic) bond motifs is 1. The summed E-state index contributed by atoms with van der Waals surface area (Å²) in [6.07, 6.45) is 0. The van der Waals surface area contributed by atoms with E-state index < -0.39 is 52.6 Å². The van der Waals surface area contributed by atoms with Crippen molar-refractivity contribution < 1.29 is 36.2 Å². The molecule has 0 heterocycles. The van der Waals surface area contributed by atoms with Gasteiger partial charge in [0.1, 0.15) is 22.0 Å². The maximum absolute atomic E-state index is 11.8. The van der Waals surface area contributed by atoms with E-state index in [2.05, 4.69) is 10.2 Å². The minimum atomic E-state index is -4.99. The highest BCUT2D eigenvalue weighted by molar-refractivity contribution is 7.86. The molecule has 0 aliphatic rings. The van der Waals surface area contributed by atoms with Gasteiger partial charge >= 0.3 is 0 Å². The van der Waals surface area contributed by atoms with Crippen LogP contribution in [0.3, 0.4) is 0 Å². The molecule has 3 rings (SSSR count). The summed E-state index contributed by atoms with van der Waals surface area (Å²) < 4.78 is 65.0. The third-order valence-electron chi connectivity index (χ3n) is 3.85. The van der Waals surface area contributed by atoms with Gasteiger partial charge < -0.3 is 10.2 Å². The molecule has 0 fully saturated rings. The SMILES string of the molecule is O=S(=O)(O)c1cc(O)c2c(O)c(/N=N/c3ccc(Cl)cc3Cl)c(S(=O)(=O)O)cc2c1. The molecule has 3 aromatic carbocycles. The zero-order valence-corrected chi connectivity index (χ0v) is 17.5. The zero-order valence-electron chi connectivity index (χ0n) is 14.4. The van der Waals surface area contributed by atoms with Crippen molar-refractivity contribution in [1.82, 2.24) is 0 Å². The van der Waals surface area contributed by atoms with E-state index in [0.717, 1.165) is 12.1 Å². The van der Waals surface area contributed by atoms with Crippen LogP contribution >= 0.6 is 23.2 Å². The van der Waals surface area contributed by atoms with Crippen molar-refractivity contribution in [2.24, 2.45) is 10.2 Å². The molecule has 0 atom stereocenters. The molecule has 4 N–H and O–H groups in total. The fourth-order valence-electron chi connectivity index (χ4n) is 2.55. The van der Waals surface area contributed by atoms with Crippen LogP contribution in [0, 0.1) is 0 Å². The Morgan fingerprint density at radius 3 is 2.07 bits per heavy atom. The first-order valence-electron chi connectivity index (χ1n) is 7.63. The van der Waals surface area contributed by atoms with Gasteiger partial charge in [0.15, 0.2) is 5.75 Å². The number of hydrogen-bond acceptors (Lipinski definition) is 8. The normalized spacial score (nSPS) is 12.7. The van der Waals surface area contributed by atoms with E-state index in [1.54, 1.807) is 0 Å². The molecule has 0 unspecified atom stereocenters. The molecule has 30 heavy (non-hydrogen) atoms. The first-order valence-corrected chi connectivity index (χ1v) is 11.3. The molecule has 10 nitrogen and oxygen atoms in total. The smallest absolute Gasteiger partial charge is 0.296 e. The van der Waals surface area contributed by atoms with E-state index in [1.165, 1.54) is 18.2 Å². The summed E-state index contributed by atoms with van der Waals surface area (Å²) in [4.78, 5) is -1.70. The second-order valence-corrected chi connectivity index (χ2v) is 9.51. The summed E-state index contributed by atoms with van der Waals surface area (Å²) in [5.74, 6) is -1.73. The predicted molar refractivity (Wildman–Crippen MR) is 108 cm³/mol. The van der Waals surface area contributed by atoms with Gasteiger partial charge in [0.25, 0.3) is 20.2 Å². The van der Waals surface area contributed by atoms with Crippen LogP contribution in [0.1, 0.15) is 0 Å². The van der Waals surface area contributed by atoms with E-state index in [4.69, 9.17) is 27.8 Å². The topological polar surface area (TPSA) is 174 Å². The summed E-state index contributed by atoms with van der Waals surface area (Å²) >= 11 is 11.7. The van der Waals surface area contributed by atoms with E-state index in [9.17, 15) is 31.6 Å². The molecule has 0 radical (unpaired) electrons. The number of halogens is 2. The van der Waals surface area contributed by atoms with Crippen LogP contribution in [0.15, 0.2) is 56.4 Å². The first-order chi connectivity index (χ1) is 13.8. The third-order valence-corrected chi connectivity index (χ3v) is 6.08. The number of nitrogens with zero attached hydrogens (tertiary/aromatic N) is 2. The number of aromatic hydroxyl groups is 2. The molecule has 0 aliphatic carbocycles. The van der Waals surface area contributed by atoms with Gasteiger partial charge in [-0.05, 0) is 35.7 Å². The third kappa shape index (κ3) is 4.33. The van der Waals surface area contributed by atoms with Gasteiger partial charge in [0.05, 0.1) is 15.3 Å². The lowest BCUT2D eigenvalue weighted by atomic mass is 10.1. The minimum absolute atomic E-state index is 0.0489. The van der Waals surface area contributed by atoms with Gasteiger partial charge in [-0.3, -0.25) is 9.11 Å². The Morgan fingerprint density at radius 2 is 1.50 bits per heavy atom. The highest BCUT2D eigenvalue weighted by Crippen LogP contribution is 2.45. The van der Waals surface area contributed by atoms with Crippen LogP contribution in [0.5, 0.6) is 11.5 Å². The van der Waals surface area contributed by atoms with Gasteiger partial charge in [0, 0.05) is 11.1 Å².